The smallest absolute Gasteiger partial charge is 0.244 e. The highest BCUT2D eigenvalue weighted by Crippen LogP contribution is 2.31. The summed E-state index contributed by atoms with van der Waals surface area (Å²) in [7, 11) is -2.21. The molecule has 21 heavy (non-hydrogen) atoms. The van der Waals surface area contributed by atoms with Gasteiger partial charge in [-0.25, -0.2) is 8.42 Å². The van der Waals surface area contributed by atoms with Gasteiger partial charge in [0.15, 0.2) is 0 Å². The van der Waals surface area contributed by atoms with Crippen LogP contribution in [0.3, 0.4) is 0 Å². The van der Waals surface area contributed by atoms with Gasteiger partial charge in [-0.15, -0.1) is 6.58 Å². The van der Waals surface area contributed by atoms with E-state index in [-0.39, 0.29) is 16.5 Å². The first-order valence-electron chi connectivity index (χ1n) is 6.60. The first kappa shape index (κ1) is 18.5. The van der Waals surface area contributed by atoms with Crippen molar-refractivity contribution in [2.45, 2.75) is 24.8 Å². The lowest BCUT2D eigenvalue weighted by Crippen LogP contribution is -2.27. The molecule has 0 saturated carbocycles. The molecular formula is C14H20Cl2N2O2S. The molecule has 0 aliphatic rings. The Morgan fingerprint density at radius 2 is 2.05 bits per heavy atom. The average molecular weight is 351 g/mol. The topological polar surface area (TPSA) is 49.4 Å². The lowest BCUT2D eigenvalue weighted by Gasteiger charge is -2.18. The molecule has 4 nitrogen and oxygen atoms in total. The fourth-order valence-electron chi connectivity index (χ4n) is 1.78. The Hall–Kier alpha value is -0.590. The standard InChI is InChI=1S/C14H20Cl2N2O2S/c1-4-6-17-10-11-8-12(15)9-13(14(11)16)21(19,20)18(3)7-5-2/h5,8-9,17H,2,4,6-7,10H2,1,3H3. The Morgan fingerprint density at radius 3 is 2.62 bits per heavy atom. The maximum absolute atomic E-state index is 12.5. The number of rotatable bonds is 8. The third kappa shape index (κ3) is 4.69. The third-order valence-electron chi connectivity index (χ3n) is 2.90. The van der Waals surface area contributed by atoms with Crippen LogP contribution in [-0.4, -0.2) is 32.9 Å². The van der Waals surface area contributed by atoms with Gasteiger partial charge in [0.05, 0.1) is 5.02 Å². The zero-order chi connectivity index (χ0) is 16.0. The van der Waals surface area contributed by atoms with E-state index in [1.165, 1.54) is 23.5 Å². The number of sulfonamides is 1. The highest BCUT2D eigenvalue weighted by molar-refractivity contribution is 7.89. The molecule has 7 heteroatoms. The van der Waals surface area contributed by atoms with Gasteiger partial charge >= 0.3 is 0 Å². The van der Waals surface area contributed by atoms with Crippen LogP contribution in [0, 0.1) is 0 Å². The van der Waals surface area contributed by atoms with E-state index in [0.717, 1.165) is 13.0 Å². The molecule has 1 rings (SSSR count). The summed E-state index contributed by atoms with van der Waals surface area (Å²) >= 11 is 12.3. The molecule has 0 amide bonds. The quantitative estimate of drug-likeness (QED) is 0.578. The molecule has 0 aromatic heterocycles. The van der Waals surface area contributed by atoms with Crippen molar-refractivity contribution in [3.8, 4) is 0 Å². The monoisotopic (exact) mass is 350 g/mol. The van der Waals surface area contributed by atoms with Gasteiger partial charge in [0.1, 0.15) is 4.90 Å². The van der Waals surface area contributed by atoms with E-state index in [0.29, 0.717) is 17.1 Å². The summed E-state index contributed by atoms with van der Waals surface area (Å²) < 4.78 is 26.2. The Balaban J connectivity index is 3.21. The van der Waals surface area contributed by atoms with Crippen LogP contribution in [0.5, 0.6) is 0 Å². The van der Waals surface area contributed by atoms with Crippen molar-refractivity contribution < 1.29 is 8.42 Å². The second-order valence-electron chi connectivity index (χ2n) is 4.63. The largest absolute Gasteiger partial charge is 0.313 e. The molecule has 1 N–H and O–H groups in total. The van der Waals surface area contributed by atoms with Gasteiger partial charge in [0.25, 0.3) is 0 Å². The Bertz CT molecular complexity index is 603. The van der Waals surface area contributed by atoms with E-state index in [9.17, 15) is 8.42 Å². The summed E-state index contributed by atoms with van der Waals surface area (Å²) in [6, 6.07) is 3.06. The van der Waals surface area contributed by atoms with Crippen LogP contribution in [0.15, 0.2) is 29.7 Å². The van der Waals surface area contributed by atoms with Crippen molar-refractivity contribution in [2.75, 3.05) is 20.1 Å². The van der Waals surface area contributed by atoms with Gasteiger partial charge in [-0.2, -0.15) is 4.31 Å². The van der Waals surface area contributed by atoms with E-state index in [4.69, 9.17) is 23.2 Å². The Kier molecular flexibility index (Phi) is 7.16. The molecule has 0 spiro atoms. The molecule has 1 aromatic rings. The van der Waals surface area contributed by atoms with Crippen molar-refractivity contribution in [3.05, 3.63) is 40.4 Å². The lowest BCUT2D eigenvalue weighted by atomic mass is 10.2. The number of benzene rings is 1. The van der Waals surface area contributed by atoms with E-state index in [1.54, 1.807) is 6.07 Å². The van der Waals surface area contributed by atoms with Gasteiger partial charge in [0, 0.05) is 25.2 Å². The van der Waals surface area contributed by atoms with Crippen LogP contribution in [0.4, 0.5) is 0 Å². The SMILES string of the molecule is C=CCN(C)S(=O)(=O)c1cc(Cl)cc(CNCCC)c1Cl. The van der Waals surface area contributed by atoms with Crippen molar-refractivity contribution in [1.29, 1.82) is 0 Å². The first-order chi connectivity index (χ1) is 9.84. The molecule has 0 atom stereocenters. The maximum Gasteiger partial charge on any atom is 0.244 e. The fraction of sp³-hybridized carbons (Fsp3) is 0.429. The second-order valence-corrected chi connectivity index (χ2v) is 7.46. The van der Waals surface area contributed by atoms with Crippen molar-refractivity contribution in [2.24, 2.45) is 0 Å². The summed E-state index contributed by atoms with van der Waals surface area (Å²) in [5.74, 6) is 0. The second kappa shape index (κ2) is 8.15. The molecule has 0 fully saturated rings. The lowest BCUT2D eigenvalue weighted by molar-refractivity contribution is 0.499. The molecular weight excluding hydrogens is 331 g/mol. The first-order valence-corrected chi connectivity index (χ1v) is 8.80. The third-order valence-corrected chi connectivity index (χ3v) is 5.52. The number of halogens is 2. The summed E-state index contributed by atoms with van der Waals surface area (Å²) in [6.45, 7) is 7.09. The van der Waals surface area contributed by atoms with Crippen LogP contribution >= 0.6 is 23.2 Å². The van der Waals surface area contributed by atoms with Crippen molar-refractivity contribution >= 4 is 33.2 Å². The Labute approximate surface area is 136 Å². The molecule has 0 radical (unpaired) electrons. The highest BCUT2D eigenvalue weighted by Gasteiger charge is 2.25. The summed E-state index contributed by atoms with van der Waals surface area (Å²) in [4.78, 5) is 0.0225. The zero-order valence-electron chi connectivity index (χ0n) is 12.2. The summed E-state index contributed by atoms with van der Waals surface area (Å²) in [5, 5.41) is 3.74. The maximum atomic E-state index is 12.5. The summed E-state index contributed by atoms with van der Waals surface area (Å²) in [5.41, 5.74) is 0.670. The zero-order valence-corrected chi connectivity index (χ0v) is 14.5. The molecule has 0 heterocycles. The van der Waals surface area contributed by atoms with Crippen LogP contribution in [0.25, 0.3) is 0 Å². The van der Waals surface area contributed by atoms with Gasteiger partial charge < -0.3 is 5.32 Å². The van der Waals surface area contributed by atoms with Crippen LogP contribution < -0.4 is 5.32 Å². The van der Waals surface area contributed by atoms with E-state index in [1.807, 2.05) is 6.92 Å². The minimum absolute atomic E-state index is 0.0225. The molecule has 0 saturated heterocycles. The average Bonchev–Trinajstić information content (AvgIpc) is 2.42. The number of hydrogen-bond donors (Lipinski definition) is 1. The van der Waals surface area contributed by atoms with Crippen molar-refractivity contribution in [3.63, 3.8) is 0 Å². The predicted octanol–water partition coefficient (Wildman–Crippen LogP) is 3.30. The van der Waals surface area contributed by atoms with Crippen LogP contribution in [0.1, 0.15) is 18.9 Å². The molecule has 0 unspecified atom stereocenters. The van der Waals surface area contributed by atoms with E-state index >= 15 is 0 Å². The molecule has 0 aliphatic heterocycles. The fourth-order valence-corrected chi connectivity index (χ4v) is 3.83. The summed E-state index contributed by atoms with van der Waals surface area (Å²) in [6.07, 6.45) is 2.49. The minimum atomic E-state index is -3.69. The van der Waals surface area contributed by atoms with Crippen molar-refractivity contribution in [1.82, 2.24) is 9.62 Å². The van der Waals surface area contributed by atoms with Gasteiger partial charge in [-0.1, -0.05) is 36.2 Å². The predicted molar refractivity (Wildman–Crippen MR) is 88.5 cm³/mol. The molecule has 118 valence electrons. The molecule has 1 aromatic carbocycles. The number of hydrogen-bond acceptors (Lipinski definition) is 3. The molecule has 0 aliphatic carbocycles. The minimum Gasteiger partial charge on any atom is -0.313 e. The van der Waals surface area contributed by atoms with Crippen LogP contribution in [-0.2, 0) is 16.6 Å². The highest BCUT2D eigenvalue weighted by atomic mass is 35.5. The van der Waals surface area contributed by atoms with E-state index in [2.05, 4.69) is 11.9 Å². The normalized spacial score (nSPS) is 11.9. The van der Waals surface area contributed by atoms with Gasteiger partial charge in [0.2, 0.25) is 10.0 Å². The van der Waals surface area contributed by atoms with E-state index < -0.39 is 10.0 Å². The number of nitrogens with one attached hydrogen (secondary N) is 1. The number of likely N-dealkylation sites (N-methyl/N-ethyl adjacent to an activating group) is 1. The Morgan fingerprint density at radius 1 is 1.38 bits per heavy atom. The molecule has 0 bridgehead atoms. The van der Waals surface area contributed by atoms with Gasteiger partial charge in [-0.05, 0) is 30.7 Å². The van der Waals surface area contributed by atoms with Gasteiger partial charge in [-0.3, -0.25) is 0 Å². The number of nitrogens with zero attached hydrogens (tertiary/aromatic N) is 1. The van der Waals surface area contributed by atoms with Crippen LogP contribution in [0.2, 0.25) is 10.0 Å².